The second kappa shape index (κ2) is 7.24. The number of rotatable bonds is 6. The monoisotopic (exact) mass is 275 g/mol. The lowest BCUT2D eigenvalue weighted by Crippen LogP contribution is -2.31. The summed E-state index contributed by atoms with van der Waals surface area (Å²) in [5.41, 5.74) is 2.85. The van der Waals surface area contributed by atoms with Crippen molar-refractivity contribution in [2.45, 2.75) is 58.6 Å². The number of nitrogens with one attached hydrogen (secondary N) is 1. The summed E-state index contributed by atoms with van der Waals surface area (Å²) in [6.45, 7) is 10.8. The van der Waals surface area contributed by atoms with Crippen molar-refractivity contribution in [3.8, 4) is 0 Å². The van der Waals surface area contributed by atoms with Crippen LogP contribution < -0.4 is 5.32 Å². The Balaban J connectivity index is 2.16. The van der Waals surface area contributed by atoms with E-state index in [0.29, 0.717) is 24.0 Å². The molecule has 0 amide bonds. The van der Waals surface area contributed by atoms with Gasteiger partial charge in [-0.05, 0) is 43.4 Å². The second-order valence-corrected chi connectivity index (χ2v) is 6.04. The third-order valence-electron chi connectivity index (χ3n) is 4.76. The maximum absolute atomic E-state index is 5.75. The number of hydrogen-bond acceptors (Lipinski definition) is 2. The van der Waals surface area contributed by atoms with E-state index in [1.54, 1.807) is 0 Å². The first kappa shape index (κ1) is 15.5. The van der Waals surface area contributed by atoms with Gasteiger partial charge < -0.3 is 10.1 Å². The van der Waals surface area contributed by atoms with Gasteiger partial charge in [-0.3, -0.25) is 0 Å². The fourth-order valence-corrected chi connectivity index (χ4v) is 3.19. The van der Waals surface area contributed by atoms with E-state index in [4.69, 9.17) is 4.74 Å². The van der Waals surface area contributed by atoms with Gasteiger partial charge in [-0.15, -0.1) is 0 Å². The third-order valence-corrected chi connectivity index (χ3v) is 4.76. The summed E-state index contributed by atoms with van der Waals surface area (Å²) in [5, 5.41) is 3.65. The number of hydrogen-bond donors (Lipinski definition) is 1. The molecule has 1 saturated heterocycles. The SMILES string of the molecule is CCNC(c1ccc(C(C)CC)cc1)C1CCOC1C. The lowest BCUT2D eigenvalue weighted by Gasteiger charge is -2.27. The standard InChI is InChI=1S/C18H29NO/c1-5-13(3)15-7-9-16(10-8-15)18(19-6-2)17-11-12-20-14(17)4/h7-10,13-14,17-19H,5-6,11-12H2,1-4H3. The maximum Gasteiger partial charge on any atom is 0.0594 e. The van der Waals surface area contributed by atoms with Gasteiger partial charge in [0, 0.05) is 18.6 Å². The van der Waals surface area contributed by atoms with Crippen LogP contribution in [-0.2, 0) is 4.74 Å². The molecule has 1 aromatic rings. The average molecular weight is 275 g/mol. The Morgan fingerprint density at radius 2 is 1.85 bits per heavy atom. The van der Waals surface area contributed by atoms with Gasteiger partial charge in [-0.2, -0.15) is 0 Å². The maximum atomic E-state index is 5.75. The van der Waals surface area contributed by atoms with E-state index in [1.165, 1.54) is 17.5 Å². The highest BCUT2D eigenvalue weighted by molar-refractivity contribution is 5.28. The molecule has 20 heavy (non-hydrogen) atoms. The lowest BCUT2D eigenvalue weighted by molar-refractivity contribution is 0.0956. The Labute approximate surface area is 123 Å². The predicted molar refractivity (Wildman–Crippen MR) is 85.1 cm³/mol. The summed E-state index contributed by atoms with van der Waals surface area (Å²) < 4.78 is 5.75. The van der Waals surface area contributed by atoms with Crippen LogP contribution in [0.1, 0.15) is 63.6 Å². The summed E-state index contributed by atoms with van der Waals surface area (Å²) in [7, 11) is 0. The van der Waals surface area contributed by atoms with Crippen LogP contribution in [0.2, 0.25) is 0 Å². The molecule has 0 aliphatic carbocycles. The molecule has 1 aromatic carbocycles. The van der Waals surface area contributed by atoms with Gasteiger partial charge in [0.25, 0.3) is 0 Å². The Bertz CT molecular complexity index is 400. The Hall–Kier alpha value is -0.860. The molecule has 1 fully saturated rings. The molecule has 4 atom stereocenters. The highest BCUT2D eigenvalue weighted by Crippen LogP contribution is 2.33. The van der Waals surface area contributed by atoms with Crippen molar-refractivity contribution < 1.29 is 4.74 Å². The van der Waals surface area contributed by atoms with Crippen molar-refractivity contribution in [2.75, 3.05) is 13.2 Å². The van der Waals surface area contributed by atoms with Gasteiger partial charge in [0.1, 0.15) is 0 Å². The molecule has 4 unspecified atom stereocenters. The molecule has 1 aliphatic heterocycles. The van der Waals surface area contributed by atoms with E-state index in [0.717, 1.165) is 19.6 Å². The van der Waals surface area contributed by atoms with Crippen LogP contribution in [0, 0.1) is 5.92 Å². The van der Waals surface area contributed by atoms with Crippen molar-refractivity contribution in [3.05, 3.63) is 35.4 Å². The molecular weight excluding hydrogens is 246 g/mol. The van der Waals surface area contributed by atoms with Gasteiger partial charge in [0.15, 0.2) is 0 Å². The van der Waals surface area contributed by atoms with E-state index >= 15 is 0 Å². The van der Waals surface area contributed by atoms with Gasteiger partial charge in [-0.1, -0.05) is 45.0 Å². The van der Waals surface area contributed by atoms with Gasteiger partial charge in [0.2, 0.25) is 0 Å². The molecule has 0 aromatic heterocycles. The molecule has 0 spiro atoms. The quantitative estimate of drug-likeness (QED) is 0.837. The van der Waals surface area contributed by atoms with Crippen LogP contribution in [0.25, 0.3) is 0 Å². The van der Waals surface area contributed by atoms with Crippen molar-refractivity contribution in [2.24, 2.45) is 5.92 Å². The molecule has 0 bridgehead atoms. The van der Waals surface area contributed by atoms with Crippen LogP contribution >= 0.6 is 0 Å². The minimum Gasteiger partial charge on any atom is -0.378 e. The molecule has 2 rings (SSSR count). The van der Waals surface area contributed by atoms with Crippen LogP contribution in [0.15, 0.2) is 24.3 Å². The van der Waals surface area contributed by atoms with E-state index in [1.807, 2.05) is 0 Å². The summed E-state index contributed by atoms with van der Waals surface area (Å²) in [6, 6.07) is 9.63. The first-order chi connectivity index (χ1) is 9.67. The van der Waals surface area contributed by atoms with Gasteiger partial charge in [-0.25, -0.2) is 0 Å². The van der Waals surface area contributed by atoms with Crippen molar-refractivity contribution in [3.63, 3.8) is 0 Å². The molecule has 0 radical (unpaired) electrons. The third kappa shape index (κ3) is 3.42. The van der Waals surface area contributed by atoms with Gasteiger partial charge >= 0.3 is 0 Å². The molecule has 2 heteroatoms. The van der Waals surface area contributed by atoms with E-state index in [-0.39, 0.29) is 0 Å². The minimum absolute atomic E-state index is 0.355. The fourth-order valence-electron chi connectivity index (χ4n) is 3.19. The topological polar surface area (TPSA) is 21.3 Å². The smallest absolute Gasteiger partial charge is 0.0594 e. The largest absolute Gasteiger partial charge is 0.378 e. The lowest BCUT2D eigenvalue weighted by atomic mass is 9.87. The molecule has 1 N–H and O–H groups in total. The fraction of sp³-hybridized carbons (Fsp3) is 0.667. The Morgan fingerprint density at radius 3 is 2.35 bits per heavy atom. The zero-order valence-corrected chi connectivity index (χ0v) is 13.4. The summed E-state index contributed by atoms with van der Waals surface area (Å²) in [4.78, 5) is 0. The first-order valence-electron chi connectivity index (χ1n) is 8.12. The molecule has 0 saturated carbocycles. The highest BCUT2D eigenvalue weighted by Gasteiger charge is 2.32. The Morgan fingerprint density at radius 1 is 1.20 bits per heavy atom. The average Bonchev–Trinajstić information content (AvgIpc) is 2.90. The Kier molecular flexibility index (Phi) is 5.62. The van der Waals surface area contributed by atoms with Crippen LogP contribution in [0.4, 0.5) is 0 Å². The zero-order chi connectivity index (χ0) is 14.5. The molecular formula is C18H29NO. The van der Waals surface area contributed by atoms with Crippen LogP contribution in [0.3, 0.4) is 0 Å². The van der Waals surface area contributed by atoms with Crippen LogP contribution in [-0.4, -0.2) is 19.3 Å². The second-order valence-electron chi connectivity index (χ2n) is 6.04. The first-order valence-corrected chi connectivity index (χ1v) is 8.12. The molecule has 1 heterocycles. The summed E-state index contributed by atoms with van der Waals surface area (Å²) in [6.07, 6.45) is 2.71. The van der Waals surface area contributed by atoms with E-state index < -0.39 is 0 Å². The number of benzene rings is 1. The zero-order valence-electron chi connectivity index (χ0n) is 13.4. The highest BCUT2D eigenvalue weighted by atomic mass is 16.5. The van der Waals surface area contributed by atoms with Crippen LogP contribution in [0.5, 0.6) is 0 Å². The number of ether oxygens (including phenoxy) is 1. The van der Waals surface area contributed by atoms with E-state index in [2.05, 4.69) is 57.3 Å². The van der Waals surface area contributed by atoms with Crippen molar-refractivity contribution in [1.82, 2.24) is 5.32 Å². The normalized spacial score (nSPS) is 25.6. The van der Waals surface area contributed by atoms with Crippen molar-refractivity contribution in [1.29, 1.82) is 0 Å². The molecule has 112 valence electrons. The predicted octanol–water partition coefficient (Wildman–Crippen LogP) is 4.28. The molecule has 2 nitrogen and oxygen atoms in total. The summed E-state index contributed by atoms with van der Waals surface area (Å²) >= 11 is 0. The summed E-state index contributed by atoms with van der Waals surface area (Å²) in [5.74, 6) is 1.24. The van der Waals surface area contributed by atoms with Gasteiger partial charge in [0.05, 0.1) is 6.10 Å². The van der Waals surface area contributed by atoms with E-state index in [9.17, 15) is 0 Å². The van der Waals surface area contributed by atoms with Crippen molar-refractivity contribution >= 4 is 0 Å². The minimum atomic E-state index is 0.355. The molecule has 1 aliphatic rings.